The lowest BCUT2D eigenvalue weighted by Gasteiger charge is -2.10. The molecule has 0 aromatic heterocycles. The van der Waals surface area contributed by atoms with Gasteiger partial charge in [0, 0.05) is 6.42 Å². The summed E-state index contributed by atoms with van der Waals surface area (Å²) in [4.78, 5) is 0. The van der Waals surface area contributed by atoms with Crippen molar-refractivity contribution in [3.8, 4) is 23.3 Å². The zero-order chi connectivity index (χ0) is 14.9. The van der Waals surface area contributed by atoms with Crippen molar-refractivity contribution in [2.45, 2.75) is 6.42 Å². The SMILES string of the molecule is COc1ccccc1OCCCOc1ccc(C#N)cc1. The van der Waals surface area contributed by atoms with Gasteiger partial charge in [-0.05, 0) is 36.4 Å². The first kappa shape index (κ1) is 14.7. The molecular weight excluding hydrogens is 266 g/mol. The molecule has 0 bridgehead atoms. The van der Waals surface area contributed by atoms with Gasteiger partial charge in [-0.3, -0.25) is 0 Å². The van der Waals surface area contributed by atoms with Gasteiger partial charge in [-0.1, -0.05) is 12.1 Å². The fourth-order valence-electron chi connectivity index (χ4n) is 1.79. The Kier molecular flexibility index (Phi) is 5.48. The second-order valence-corrected chi connectivity index (χ2v) is 4.34. The van der Waals surface area contributed by atoms with E-state index in [2.05, 4.69) is 6.07 Å². The first-order valence-electron chi connectivity index (χ1n) is 6.72. The molecule has 4 heteroatoms. The number of hydrogen-bond donors (Lipinski definition) is 0. The van der Waals surface area contributed by atoms with E-state index in [1.807, 2.05) is 24.3 Å². The molecule has 0 aliphatic rings. The van der Waals surface area contributed by atoms with Gasteiger partial charge >= 0.3 is 0 Å². The smallest absolute Gasteiger partial charge is 0.161 e. The summed E-state index contributed by atoms with van der Waals surface area (Å²) in [6.07, 6.45) is 0.762. The van der Waals surface area contributed by atoms with Crippen LogP contribution >= 0.6 is 0 Å². The zero-order valence-corrected chi connectivity index (χ0v) is 11.9. The van der Waals surface area contributed by atoms with Crippen molar-refractivity contribution >= 4 is 0 Å². The maximum absolute atomic E-state index is 8.71. The minimum Gasteiger partial charge on any atom is -0.493 e. The highest BCUT2D eigenvalue weighted by Gasteiger charge is 2.02. The van der Waals surface area contributed by atoms with Crippen LogP contribution in [0.2, 0.25) is 0 Å². The fraction of sp³-hybridized carbons (Fsp3) is 0.235. The summed E-state index contributed by atoms with van der Waals surface area (Å²) in [5.41, 5.74) is 0.627. The molecule has 0 fully saturated rings. The lowest BCUT2D eigenvalue weighted by Crippen LogP contribution is -2.05. The Morgan fingerprint density at radius 1 is 0.905 bits per heavy atom. The van der Waals surface area contributed by atoms with E-state index in [0.717, 1.165) is 23.7 Å². The molecule has 21 heavy (non-hydrogen) atoms. The molecule has 2 rings (SSSR count). The van der Waals surface area contributed by atoms with E-state index >= 15 is 0 Å². The average Bonchev–Trinajstić information content (AvgIpc) is 2.55. The van der Waals surface area contributed by atoms with E-state index in [-0.39, 0.29) is 0 Å². The van der Waals surface area contributed by atoms with Gasteiger partial charge in [0.05, 0.1) is 32.0 Å². The minimum atomic E-state index is 0.552. The number of nitrogens with zero attached hydrogens (tertiary/aromatic N) is 1. The second-order valence-electron chi connectivity index (χ2n) is 4.34. The molecule has 0 saturated carbocycles. The Hall–Kier alpha value is -2.67. The molecule has 0 saturated heterocycles. The Morgan fingerprint density at radius 3 is 2.24 bits per heavy atom. The summed E-state index contributed by atoms with van der Waals surface area (Å²) >= 11 is 0. The molecule has 0 amide bonds. The number of nitriles is 1. The predicted molar refractivity (Wildman–Crippen MR) is 79.8 cm³/mol. The van der Waals surface area contributed by atoms with Crippen LogP contribution < -0.4 is 14.2 Å². The maximum atomic E-state index is 8.71. The molecule has 0 heterocycles. The minimum absolute atomic E-state index is 0.552. The monoisotopic (exact) mass is 283 g/mol. The highest BCUT2D eigenvalue weighted by atomic mass is 16.5. The van der Waals surface area contributed by atoms with Crippen LogP contribution in [0.1, 0.15) is 12.0 Å². The van der Waals surface area contributed by atoms with Crippen molar-refractivity contribution in [3.63, 3.8) is 0 Å². The number of rotatable bonds is 7. The zero-order valence-electron chi connectivity index (χ0n) is 11.9. The molecule has 108 valence electrons. The van der Waals surface area contributed by atoms with Gasteiger partial charge in [-0.2, -0.15) is 5.26 Å². The van der Waals surface area contributed by atoms with Gasteiger partial charge < -0.3 is 14.2 Å². The number of methoxy groups -OCH3 is 1. The van der Waals surface area contributed by atoms with Crippen molar-refractivity contribution in [2.75, 3.05) is 20.3 Å². The normalized spacial score (nSPS) is 9.71. The first-order chi connectivity index (χ1) is 10.3. The van der Waals surface area contributed by atoms with Crippen molar-refractivity contribution in [2.24, 2.45) is 0 Å². The molecule has 0 N–H and O–H groups in total. The summed E-state index contributed by atoms with van der Waals surface area (Å²) in [5, 5.41) is 8.71. The summed E-state index contributed by atoms with van der Waals surface area (Å²) in [6, 6.07) is 16.7. The Balaban J connectivity index is 1.71. The largest absolute Gasteiger partial charge is 0.493 e. The van der Waals surface area contributed by atoms with Crippen LogP contribution in [-0.2, 0) is 0 Å². The fourth-order valence-corrected chi connectivity index (χ4v) is 1.79. The van der Waals surface area contributed by atoms with Crippen LogP contribution in [0.25, 0.3) is 0 Å². The van der Waals surface area contributed by atoms with Crippen LogP contribution in [0.5, 0.6) is 17.2 Å². The summed E-state index contributed by atoms with van der Waals surface area (Å²) in [6.45, 7) is 1.11. The highest BCUT2D eigenvalue weighted by molar-refractivity contribution is 5.39. The third kappa shape index (κ3) is 4.43. The van der Waals surface area contributed by atoms with E-state index in [1.165, 1.54) is 0 Å². The van der Waals surface area contributed by atoms with Gasteiger partial charge in [0.15, 0.2) is 11.5 Å². The van der Waals surface area contributed by atoms with Gasteiger partial charge in [0.1, 0.15) is 5.75 Å². The van der Waals surface area contributed by atoms with Gasteiger partial charge in [-0.15, -0.1) is 0 Å². The molecule has 0 aliphatic carbocycles. The average molecular weight is 283 g/mol. The lowest BCUT2D eigenvalue weighted by atomic mass is 10.2. The number of para-hydroxylation sites is 2. The van der Waals surface area contributed by atoms with E-state index < -0.39 is 0 Å². The summed E-state index contributed by atoms with van der Waals surface area (Å²) in [7, 11) is 1.62. The molecule has 0 atom stereocenters. The quantitative estimate of drug-likeness (QED) is 0.731. The van der Waals surface area contributed by atoms with E-state index in [0.29, 0.717) is 18.8 Å². The summed E-state index contributed by atoms with van der Waals surface area (Å²) < 4.78 is 16.4. The Morgan fingerprint density at radius 2 is 1.57 bits per heavy atom. The number of benzene rings is 2. The van der Waals surface area contributed by atoms with E-state index in [1.54, 1.807) is 31.4 Å². The Labute approximate surface area is 124 Å². The molecule has 2 aromatic carbocycles. The molecule has 0 spiro atoms. The highest BCUT2D eigenvalue weighted by Crippen LogP contribution is 2.25. The van der Waals surface area contributed by atoms with Crippen LogP contribution in [0.3, 0.4) is 0 Å². The van der Waals surface area contributed by atoms with Crippen LogP contribution in [0.15, 0.2) is 48.5 Å². The first-order valence-corrected chi connectivity index (χ1v) is 6.72. The molecule has 4 nitrogen and oxygen atoms in total. The van der Waals surface area contributed by atoms with E-state index in [9.17, 15) is 0 Å². The van der Waals surface area contributed by atoms with Crippen molar-refractivity contribution in [1.29, 1.82) is 5.26 Å². The van der Waals surface area contributed by atoms with Crippen LogP contribution in [0.4, 0.5) is 0 Å². The molecule has 0 unspecified atom stereocenters. The molecular formula is C17H17NO3. The summed E-state index contributed by atoms with van der Waals surface area (Å²) in [5.74, 6) is 2.22. The lowest BCUT2D eigenvalue weighted by molar-refractivity contribution is 0.240. The third-order valence-electron chi connectivity index (χ3n) is 2.87. The topological polar surface area (TPSA) is 51.5 Å². The number of hydrogen-bond acceptors (Lipinski definition) is 4. The molecule has 0 aliphatic heterocycles. The van der Waals surface area contributed by atoms with Crippen molar-refractivity contribution in [3.05, 3.63) is 54.1 Å². The second kappa shape index (κ2) is 7.81. The van der Waals surface area contributed by atoms with Crippen LogP contribution in [0, 0.1) is 11.3 Å². The van der Waals surface area contributed by atoms with Gasteiger partial charge in [0.25, 0.3) is 0 Å². The van der Waals surface area contributed by atoms with Gasteiger partial charge in [-0.25, -0.2) is 0 Å². The van der Waals surface area contributed by atoms with Gasteiger partial charge in [0.2, 0.25) is 0 Å². The maximum Gasteiger partial charge on any atom is 0.161 e. The third-order valence-corrected chi connectivity index (χ3v) is 2.87. The van der Waals surface area contributed by atoms with Crippen molar-refractivity contribution in [1.82, 2.24) is 0 Å². The Bertz CT molecular complexity index is 602. The number of ether oxygens (including phenoxy) is 3. The molecule has 0 radical (unpaired) electrons. The predicted octanol–water partition coefficient (Wildman–Crippen LogP) is 3.41. The standard InChI is InChI=1S/C17H17NO3/c1-19-16-5-2-3-6-17(16)21-12-4-11-20-15-9-7-14(13-18)8-10-15/h2-3,5-10H,4,11-12H2,1H3. The molecule has 2 aromatic rings. The van der Waals surface area contributed by atoms with Crippen LogP contribution in [-0.4, -0.2) is 20.3 Å². The van der Waals surface area contributed by atoms with Crippen molar-refractivity contribution < 1.29 is 14.2 Å². The van der Waals surface area contributed by atoms with E-state index in [4.69, 9.17) is 19.5 Å².